The highest BCUT2D eigenvalue weighted by Gasteiger charge is 2.34. The van der Waals surface area contributed by atoms with Crippen LogP contribution < -0.4 is 5.32 Å². The minimum absolute atomic E-state index is 0.0779. The van der Waals surface area contributed by atoms with Gasteiger partial charge in [-0.2, -0.15) is 8.42 Å². The minimum Gasteiger partial charge on any atom is -0.354 e. The Balaban J connectivity index is 1.85. The predicted molar refractivity (Wildman–Crippen MR) is 116 cm³/mol. The van der Waals surface area contributed by atoms with Gasteiger partial charge in [0.2, 0.25) is 0 Å². The molecule has 2 aliphatic heterocycles. The normalized spacial score (nSPS) is 19.4. The highest BCUT2D eigenvalue weighted by molar-refractivity contribution is 8.00. The molecule has 0 saturated carbocycles. The summed E-state index contributed by atoms with van der Waals surface area (Å²) in [5, 5.41) is 2.92. The Morgan fingerprint density at radius 2 is 1.79 bits per heavy atom. The van der Waals surface area contributed by atoms with Gasteiger partial charge in [0.15, 0.2) is 0 Å². The number of benzene rings is 1. The molecule has 0 atom stereocenters. The molecule has 0 spiro atoms. The quantitative estimate of drug-likeness (QED) is 0.801. The molecule has 3 rings (SSSR count). The minimum atomic E-state index is -3.74. The van der Waals surface area contributed by atoms with Gasteiger partial charge < -0.3 is 15.1 Å². The Hall–Kier alpha value is -2.35. The van der Waals surface area contributed by atoms with Crippen LogP contribution in [0.5, 0.6) is 0 Å². The molecule has 1 aromatic rings. The number of amidine groups is 1. The van der Waals surface area contributed by atoms with Crippen LogP contribution in [0, 0.1) is 13.8 Å². The van der Waals surface area contributed by atoms with Crippen molar-refractivity contribution in [2.75, 3.05) is 26.2 Å². The van der Waals surface area contributed by atoms with Crippen molar-refractivity contribution >= 4 is 26.8 Å². The number of hydrogen-bond acceptors (Lipinski definition) is 4. The number of nitrogens with zero attached hydrogens (tertiary/aromatic N) is 3. The molecule has 1 fully saturated rings. The van der Waals surface area contributed by atoms with Crippen molar-refractivity contribution in [3.05, 3.63) is 40.5 Å². The monoisotopic (exact) mass is 418 g/mol. The first kappa shape index (κ1) is 21.4. The van der Waals surface area contributed by atoms with Gasteiger partial charge in [-0.05, 0) is 57.7 Å². The second-order valence-electron chi connectivity index (χ2n) is 8.07. The van der Waals surface area contributed by atoms with Gasteiger partial charge in [-0.1, -0.05) is 18.2 Å². The zero-order chi connectivity index (χ0) is 21.3. The summed E-state index contributed by atoms with van der Waals surface area (Å²) in [5.74, 6) is 0.504. The summed E-state index contributed by atoms with van der Waals surface area (Å²) in [6.45, 7) is 12.1. The molecule has 0 bridgehead atoms. The lowest BCUT2D eigenvalue weighted by molar-refractivity contribution is 0.198. The maximum absolute atomic E-state index is 12.9. The lowest BCUT2D eigenvalue weighted by Crippen LogP contribution is -2.44. The van der Waals surface area contributed by atoms with Crippen molar-refractivity contribution in [1.29, 1.82) is 0 Å². The molecule has 1 aromatic carbocycles. The van der Waals surface area contributed by atoms with Gasteiger partial charge >= 0.3 is 6.03 Å². The largest absolute Gasteiger partial charge is 0.354 e. The van der Waals surface area contributed by atoms with E-state index in [2.05, 4.69) is 9.71 Å². The summed E-state index contributed by atoms with van der Waals surface area (Å²) in [4.78, 5) is 16.4. The molecule has 7 nitrogen and oxygen atoms in total. The first-order valence-electron chi connectivity index (χ1n) is 10.0. The highest BCUT2D eigenvalue weighted by Crippen LogP contribution is 2.34. The average Bonchev–Trinajstić information content (AvgIpc) is 2.79. The molecule has 29 heavy (non-hydrogen) atoms. The van der Waals surface area contributed by atoms with Crippen molar-refractivity contribution in [3.63, 3.8) is 0 Å². The van der Waals surface area contributed by atoms with E-state index in [1.807, 2.05) is 57.7 Å². The summed E-state index contributed by atoms with van der Waals surface area (Å²) in [7, 11) is -3.74. The summed E-state index contributed by atoms with van der Waals surface area (Å²) >= 11 is 0. The Bertz CT molecular complexity index is 980. The molecule has 1 N–H and O–H groups in total. The van der Waals surface area contributed by atoms with E-state index >= 15 is 0 Å². The molecular weight excluding hydrogens is 388 g/mol. The Kier molecular flexibility index (Phi) is 6.03. The molecule has 158 valence electrons. The van der Waals surface area contributed by atoms with Crippen molar-refractivity contribution in [2.45, 2.75) is 47.1 Å². The van der Waals surface area contributed by atoms with E-state index in [0.29, 0.717) is 43.2 Å². The molecule has 0 aliphatic carbocycles. The van der Waals surface area contributed by atoms with Gasteiger partial charge in [0, 0.05) is 37.8 Å². The van der Waals surface area contributed by atoms with Crippen LogP contribution in [0.2, 0.25) is 0 Å². The van der Waals surface area contributed by atoms with E-state index in [1.54, 1.807) is 4.90 Å². The lowest BCUT2D eigenvalue weighted by Gasteiger charge is -2.24. The molecule has 2 heterocycles. The number of rotatable bonds is 2. The third-order valence-corrected chi connectivity index (χ3v) is 6.88. The van der Waals surface area contributed by atoms with E-state index < -0.39 is 10.0 Å². The third kappa shape index (κ3) is 4.47. The van der Waals surface area contributed by atoms with E-state index in [4.69, 9.17) is 0 Å². The fraction of sp³-hybridized carbons (Fsp3) is 0.524. The number of urea groups is 1. The Labute approximate surface area is 173 Å². The molecule has 1 saturated heterocycles. The van der Waals surface area contributed by atoms with E-state index in [1.165, 1.54) is 0 Å². The molecular formula is C21H30N4O3S. The summed E-state index contributed by atoms with van der Waals surface area (Å²) in [6, 6.07) is 5.69. The van der Waals surface area contributed by atoms with Gasteiger partial charge in [-0.3, -0.25) is 0 Å². The zero-order valence-corrected chi connectivity index (χ0v) is 18.6. The van der Waals surface area contributed by atoms with E-state index in [-0.39, 0.29) is 17.0 Å². The Morgan fingerprint density at radius 1 is 1.07 bits per heavy atom. The van der Waals surface area contributed by atoms with Crippen molar-refractivity contribution < 1.29 is 13.2 Å². The molecule has 2 amide bonds. The zero-order valence-electron chi connectivity index (χ0n) is 17.8. The van der Waals surface area contributed by atoms with E-state index in [0.717, 1.165) is 17.5 Å². The van der Waals surface area contributed by atoms with Crippen LogP contribution in [0.4, 0.5) is 4.79 Å². The lowest BCUT2D eigenvalue weighted by atomic mass is 10.0. The standard InChI is InChI=1S/C21H30N4O3S/c1-14(2)22-21(26)25-10-6-9-24(11-12-25)20-17(5)19(29(27,28)23-20)18-8-7-15(3)16(4)13-18/h7-8,13-14H,6,9-12H2,1-5H3,(H,22,26). The summed E-state index contributed by atoms with van der Waals surface area (Å²) in [6.07, 6.45) is 0.761. The summed E-state index contributed by atoms with van der Waals surface area (Å²) < 4.78 is 29.8. The maximum atomic E-state index is 12.9. The van der Waals surface area contributed by atoms with Gasteiger partial charge in [0.05, 0.1) is 0 Å². The van der Waals surface area contributed by atoms with Crippen LogP contribution in [0.25, 0.3) is 4.91 Å². The number of sulfonamides is 1. The third-order valence-electron chi connectivity index (χ3n) is 5.40. The topological polar surface area (TPSA) is 82.1 Å². The fourth-order valence-electron chi connectivity index (χ4n) is 3.74. The number of amides is 2. The second-order valence-corrected chi connectivity index (χ2v) is 9.62. The molecule has 0 radical (unpaired) electrons. The molecule has 8 heteroatoms. The second kappa shape index (κ2) is 8.18. The van der Waals surface area contributed by atoms with Gasteiger partial charge in [-0.25, -0.2) is 4.79 Å². The first-order valence-corrected chi connectivity index (χ1v) is 11.5. The van der Waals surface area contributed by atoms with Gasteiger partial charge in [0.25, 0.3) is 10.0 Å². The van der Waals surface area contributed by atoms with Gasteiger partial charge in [0.1, 0.15) is 10.7 Å². The molecule has 0 unspecified atom stereocenters. The number of hydrogen-bond donors (Lipinski definition) is 1. The smallest absolute Gasteiger partial charge is 0.317 e. The molecule has 0 aromatic heterocycles. The van der Waals surface area contributed by atoms with Crippen LogP contribution in [0.3, 0.4) is 0 Å². The van der Waals surface area contributed by atoms with Crippen LogP contribution in [0.15, 0.2) is 28.2 Å². The number of carbonyl (C=O) groups is 1. The number of carbonyl (C=O) groups excluding carboxylic acids is 1. The number of aryl methyl sites for hydroxylation is 2. The first-order chi connectivity index (χ1) is 13.6. The van der Waals surface area contributed by atoms with E-state index in [9.17, 15) is 13.2 Å². The maximum Gasteiger partial charge on any atom is 0.317 e. The van der Waals surface area contributed by atoms with Crippen molar-refractivity contribution in [1.82, 2.24) is 15.1 Å². The van der Waals surface area contributed by atoms with Crippen molar-refractivity contribution in [3.8, 4) is 0 Å². The van der Waals surface area contributed by atoms with Crippen molar-refractivity contribution in [2.24, 2.45) is 4.40 Å². The average molecular weight is 419 g/mol. The SMILES string of the molecule is CC1=C(c2ccc(C)c(C)c2)S(=O)(=O)N=C1N1CCCN(C(=O)NC(C)C)CC1. The number of nitrogens with one attached hydrogen (secondary N) is 1. The van der Waals surface area contributed by atoms with Crippen LogP contribution in [-0.4, -0.2) is 62.3 Å². The summed E-state index contributed by atoms with van der Waals surface area (Å²) in [5.41, 5.74) is 3.52. The Morgan fingerprint density at radius 3 is 2.45 bits per heavy atom. The van der Waals surface area contributed by atoms with Crippen LogP contribution >= 0.6 is 0 Å². The fourth-order valence-corrected chi connectivity index (χ4v) is 5.21. The predicted octanol–water partition coefficient (Wildman–Crippen LogP) is 2.90. The molecule has 2 aliphatic rings. The van der Waals surface area contributed by atoms with Crippen LogP contribution in [-0.2, 0) is 10.0 Å². The van der Waals surface area contributed by atoms with Crippen LogP contribution in [0.1, 0.15) is 43.9 Å². The van der Waals surface area contributed by atoms with Gasteiger partial charge in [-0.15, -0.1) is 4.40 Å². The highest BCUT2D eigenvalue weighted by atomic mass is 32.2.